The van der Waals surface area contributed by atoms with Crippen LogP contribution in [0.5, 0.6) is 0 Å². The Labute approximate surface area is 210 Å². The molecule has 0 bridgehead atoms. The first kappa shape index (κ1) is 24.9. The first-order valence-electron chi connectivity index (χ1n) is 11.8. The van der Waals surface area contributed by atoms with Gasteiger partial charge in [-0.1, -0.05) is 19.1 Å². The molecule has 2 aromatic heterocycles. The van der Waals surface area contributed by atoms with E-state index in [1.165, 1.54) is 0 Å². The second-order valence-corrected chi connectivity index (χ2v) is 9.05. The van der Waals surface area contributed by atoms with Crippen LogP contribution in [0.25, 0.3) is 0 Å². The summed E-state index contributed by atoms with van der Waals surface area (Å²) in [5, 5.41) is 19.5. The molecule has 0 aliphatic carbocycles. The number of nitrogens with zero attached hydrogens (tertiary/aromatic N) is 6. The van der Waals surface area contributed by atoms with Crippen LogP contribution in [0, 0.1) is 11.3 Å². The third-order valence-electron chi connectivity index (χ3n) is 6.38. The molecular weight excluding hydrogens is 456 g/mol. The molecule has 36 heavy (non-hydrogen) atoms. The number of benzene rings is 1. The van der Waals surface area contributed by atoms with E-state index in [1.54, 1.807) is 54.3 Å². The number of aromatic nitrogens is 3. The molecule has 0 saturated carbocycles. The van der Waals surface area contributed by atoms with Gasteiger partial charge in [0.25, 0.3) is 0 Å². The maximum atomic E-state index is 13.3. The summed E-state index contributed by atoms with van der Waals surface area (Å²) in [5.41, 5.74) is 3.28. The number of pyridine rings is 1. The molecule has 2 amide bonds. The largest absolute Gasteiger partial charge is 0.359 e. The summed E-state index contributed by atoms with van der Waals surface area (Å²) in [7, 11) is 3.61. The summed E-state index contributed by atoms with van der Waals surface area (Å²) in [6.07, 6.45) is 5.16. The van der Waals surface area contributed by atoms with Crippen LogP contribution >= 0.6 is 0 Å². The Morgan fingerprint density at radius 2 is 1.89 bits per heavy atom. The smallest absolute Gasteiger partial charge is 0.247 e. The number of amides is 2. The van der Waals surface area contributed by atoms with Gasteiger partial charge >= 0.3 is 0 Å². The maximum absolute atomic E-state index is 13.3. The topological polar surface area (TPSA) is 119 Å². The normalized spacial score (nSPS) is 15.3. The highest BCUT2D eigenvalue weighted by Gasteiger charge is 2.24. The fourth-order valence-corrected chi connectivity index (χ4v) is 4.07. The Morgan fingerprint density at radius 3 is 2.50 bits per heavy atom. The average Bonchev–Trinajstić information content (AvgIpc) is 3.32. The molecule has 3 aromatic rings. The molecule has 10 nitrogen and oxygen atoms in total. The fourth-order valence-electron chi connectivity index (χ4n) is 4.07. The standard InChI is InChI=1S/C26H30N8O2/c1-18(20-6-4-19(12-27)5-7-20)13-29-25(21-14-30-33(3)16-21)26(36)31-23-9-8-22(15-28-23)34-11-10-32(2)24(35)17-34/h4-9,14-16,18,25,29H,10-11,13,17H2,1-3H3,(H,28,31,36)/t18?,25-/m0/s1. The number of hydrogen-bond donors (Lipinski definition) is 2. The molecule has 10 heteroatoms. The van der Waals surface area contributed by atoms with Crippen LogP contribution in [-0.4, -0.2) is 64.7 Å². The van der Waals surface area contributed by atoms with Crippen LogP contribution in [0.1, 0.15) is 35.6 Å². The molecule has 1 saturated heterocycles. The van der Waals surface area contributed by atoms with Crippen molar-refractivity contribution in [2.75, 3.05) is 43.4 Å². The van der Waals surface area contributed by atoms with Crippen molar-refractivity contribution in [3.63, 3.8) is 0 Å². The van der Waals surface area contributed by atoms with Gasteiger partial charge in [-0.2, -0.15) is 10.4 Å². The first-order valence-corrected chi connectivity index (χ1v) is 11.8. The molecule has 1 unspecified atom stereocenters. The van der Waals surface area contributed by atoms with Gasteiger partial charge < -0.3 is 20.4 Å². The summed E-state index contributed by atoms with van der Waals surface area (Å²) in [4.78, 5) is 33.4. The molecule has 1 aliphatic rings. The average molecular weight is 487 g/mol. The highest BCUT2D eigenvalue weighted by atomic mass is 16.2. The number of likely N-dealkylation sites (N-methyl/N-ethyl adjacent to an activating group) is 1. The summed E-state index contributed by atoms with van der Waals surface area (Å²) < 4.78 is 1.66. The summed E-state index contributed by atoms with van der Waals surface area (Å²) in [5.74, 6) is 0.373. The highest BCUT2D eigenvalue weighted by Crippen LogP contribution is 2.21. The van der Waals surface area contributed by atoms with E-state index in [0.29, 0.717) is 31.0 Å². The summed E-state index contributed by atoms with van der Waals surface area (Å²) in [6, 6.07) is 12.6. The Kier molecular flexibility index (Phi) is 7.61. The number of carbonyl (C=O) groups excluding carboxylic acids is 2. The summed E-state index contributed by atoms with van der Waals surface area (Å²) in [6.45, 7) is 4.32. The molecule has 1 fully saturated rings. The van der Waals surface area contributed by atoms with E-state index in [2.05, 4.69) is 33.7 Å². The van der Waals surface area contributed by atoms with Gasteiger partial charge in [0.05, 0.1) is 36.3 Å². The molecule has 0 spiro atoms. The zero-order chi connectivity index (χ0) is 25.7. The van der Waals surface area contributed by atoms with Crippen molar-refractivity contribution in [3.05, 3.63) is 71.7 Å². The number of rotatable bonds is 8. The number of nitriles is 1. The lowest BCUT2D eigenvalue weighted by molar-refractivity contribution is -0.129. The number of aryl methyl sites for hydroxylation is 1. The van der Waals surface area contributed by atoms with Gasteiger partial charge in [0.15, 0.2) is 0 Å². The highest BCUT2D eigenvalue weighted by molar-refractivity contribution is 5.94. The minimum absolute atomic E-state index is 0.0688. The van der Waals surface area contributed by atoms with Crippen molar-refractivity contribution in [1.29, 1.82) is 5.26 Å². The van der Waals surface area contributed by atoms with Crippen molar-refractivity contribution < 1.29 is 9.59 Å². The predicted octanol–water partition coefficient (Wildman–Crippen LogP) is 2.04. The zero-order valence-electron chi connectivity index (χ0n) is 20.7. The van der Waals surface area contributed by atoms with E-state index in [0.717, 1.165) is 23.4 Å². The van der Waals surface area contributed by atoms with Gasteiger partial charge in [-0.15, -0.1) is 0 Å². The minimum atomic E-state index is -0.628. The second kappa shape index (κ2) is 11.0. The lowest BCUT2D eigenvalue weighted by Gasteiger charge is -2.33. The van der Waals surface area contributed by atoms with Gasteiger partial charge in [-0.3, -0.25) is 14.3 Å². The van der Waals surface area contributed by atoms with Crippen LogP contribution in [0.4, 0.5) is 11.5 Å². The fraction of sp³-hybridized carbons (Fsp3) is 0.346. The Bertz CT molecular complexity index is 1250. The Morgan fingerprint density at radius 1 is 1.11 bits per heavy atom. The summed E-state index contributed by atoms with van der Waals surface area (Å²) >= 11 is 0. The van der Waals surface area contributed by atoms with E-state index < -0.39 is 6.04 Å². The Balaban J connectivity index is 1.42. The van der Waals surface area contributed by atoms with E-state index in [1.807, 2.05) is 29.3 Å². The van der Waals surface area contributed by atoms with Crippen LogP contribution in [0.3, 0.4) is 0 Å². The van der Waals surface area contributed by atoms with Gasteiger partial charge in [0, 0.05) is 45.5 Å². The van der Waals surface area contributed by atoms with Gasteiger partial charge in [-0.05, 0) is 35.7 Å². The molecule has 1 aromatic carbocycles. The predicted molar refractivity (Wildman–Crippen MR) is 136 cm³/mol. The molecule has 4 rings (SSSR count). The quantitative estimate of drug-likeness (QED) is 0.500. The van der Waals surface area contributed by atoms with Crippen LogP contribution in [-0.2, 0) is 16.6 Å². The molecule has 1 aliphatic heterocycles. The molecule has 3 heterocycles. The SMILES string of the molecule is CC(CN[C@H](C(=O)Nc1ccc(N2CCN(C)C(=O)C2)cn1)c1cnn(C)c1)c1ccc(C#N)cc1. The Hall–Kier alpha value is -4.23. The van der Waals surface area contributed by atoms with Crippen molar-refractivity contribution in [2.45, 2.75) is 18.9 Å². The lowest BCUT2D eigenvalue weighted by atomic mass is 9.99. The lowest BCUT2D eigenvalue weighted by Crippen LogP contribution is -2.48. The number of hydrogen-bond acceptors (Lipinski definition) is 7. The van der Waals surface area contributed by atoms with Crippen molar-refractivity contribution in [2.24, 2.45) is 7.05 Å². The van der Waals surface area contributed by atoms with Crippen LogP contribution < -0.4 is 15.5 Å². The first-order chi connectivity index (χ1) is 17.3. The van der Waals surface area contributed by atoms with E-state index in [4.69, 9.17) is 5.26 Å². The number of nitrogens with one attached hydrogen (secondary N) is 2. The zero-order valence-corrected chi connectivity index (χ0v) is 20.7. The minimum Gasteiger partial charge on any atom is -0.359 e. The van der Waals surface area contributed by atoms with E-state index in [-0.39, 0.29) is 17.7 Å². The number of piperazine rings is 1. The molecule has 2 atom stereocenters. The molecule has 186 valence electrons. The van der Waals surface area contributed by atoms with Crippen molar-refractivity contribution in [1.82, 2.24) is 25.0 Å². The monoisotopic (exact) mass is 486 g/mol. The maximum Gasteiger partial charge on any atom is 0.247 e. The van der Waals surface area contributed by atoms with Gasteiger partial charge in [0.2, 0.25) is 11.8 Å². The van der Waals surface area contributed by atoms with E-state index in [9.17, 15) is 9.59 Å². The van der Waals surface area contributed by atoms with Crippen LogP contribution in [0.2, 0.25) is 0 Å². The van der Waals surface area contributed by atoms with Crippen LogP contribution in [0.15, 0.2) is 55.0 Å². The van der Waals surface area contributed by atoms with Gasteiger partial charge in [-0.25, -0.2) is 4.98 Å². The third-order valence-corrected chi connectivity index (χ3v) is 6.38. The molecule has 0 radical (unpaired) electrons. The molecular formula is C26H30N8O2. The third kappa shape index (κ3) is 5.87. The molecule has 2 N–H and O–H groups in total. The van der Waals surface area contributed by atoms with Crippen molar-refractivity contribution in [3.8, 4) is 6.07 Å². The van der Waals surface area contributed by atoms with Gasteiger partial charge in [0.1, 0.15) is 11.9 Å². The number of carbonyl (C=O) groups is 2. The number of anilines is 2. The van der Waals surface area contributed by atoms with E-state index >= 15 is 0 Å². The second-order valence-electron chi connectivity index (χ2n) is 9.05. The van der Waals surface area contributed by atoms with Crippen molar-refractivity contribution >= 4 is 23.3 Å².